The molecule has 0 saturated carbocycles. The molecule has 2 aromatic rings. The molecule has 1 atom stereocenters. The molecule has 0 saturated heterocycles. The lowest BCUT2D eigenvalue weighted by molar-refractivity contribution is 0.0536. The number of halogens is 2. The van der Waals surface area contributed by atoms with Crippen LogP contribution in [0.5, 0.6) is 11.5 Å². The first kappa shape index (κ1) is 22.8. The van der Waals surface area contributed by atoms with Crippen molar-refractivity contribution < 1.29 is 28.1 Å². The van der Waals surface area contributed by atoms with E-state index in [0.717, 1.165) is 12.8 Å². The monoisotopic (exact) mass is 448 g/mol. The van der Waals surface area contributed by atoms with Gasteiger partial charge in [0.25, 0.3) is 0 Å². The van der Waals surface area contributed by atoms with Crippen LogP contribution in [0.4, 0.5) is 0 Å². The van der Waals surface area contributed by atoms with E-state index in [9.17, 15) is 13.5 Å². The number of rotatable bonds is 10. The zero-order valence-corrected chi connectivity index (χ0v) is 17.6. The molecule has 28 heavy (non-hydrogen) atoms. The van der Waals surface area contributed by atoms with Gasteiger partial charge in [0.15, 0.2) is 5.75 Å². The highest BCUT2D eigenvalue weighted by molar-refractivity contribution is 7.91. The van der Waals surface area contributed by atoms with Gasteiger partial charge in [0.05, 0.1) is 33.0 Å². The van der Waals surface area contributed by atoms with E-state index >= 15 is 0 Å². The van der Waals surface area contributed by atoms with Crippen LogP contribution < -0.4 is 9.47 Å². The third-order valence-electron chi connectivity index (χ3n) is 3.81. The van der Waals surface area contributed by atoms with Crippen LogP contribution in [0.2, 0.25) is 10.0 Å². The average molecular weight is 449 g/mol. The highest BCUT2D eigenvalue weighted by atomic mass is 35.5. The number of ether oxygens (including phenoxy) is 2. The van der Waals surface area contributed by atoms with Gasteiger partial charge in [0.1, 0.15) is 18.5 Å². The predicted octanol–water partition coefficient (Wildman–Crippen LogP) is 3.74. The summed E-state index contributed by atoms with van der Waals surface area (Å²) in [7, 11) is -3.85. The van der Waals surface area contributed by atoms with Gasteiger partial charge in [-0.25, -0.2) is 8.42 Å². The number of benzene rings is 2. The van der Waals surface area contributed by atoms with Crippen molar-refractivity contribution >= 4 is 33.0 Å². The standard InChI is InChI=1S/C19H22Cl2O6S/c1-2-3-8-26-14-4-6-15(7-5-14)28(24,25)16-9-17(20)19(18(21)10-16)27-12-13(23)11-22/h4-7,9-10,13,22-23H,2-3,8,11-12H2,1H3. The van der Waals surface area contributed by atoms with Crippen LogP contribution in [0, 0.1) is 0 Å². The van der Waals surface area contributed by atoms with Crippen molar-refractivity contribution in [3.63, 3.8) is 0 Å². The molecule has 0 aromatic heterocycles. The minimum Gasteiger partial charge on any atom is -0.494 e. The second-order valence-corrected chi connectivity index (χ2v) is 8.80. The Hall–Kier alpha value is -1.51. The van der Waals surface area contributed by atoms with Crippen LogP contribution in [0.1, 0.15) is 19.8 Å². The van der Waals surface area contributed by atoms with Gasteiger partial charge in [0, 0.05) is 0 Å². The molecule has 2 rings (SSSR count). The number of hydrogen-bond acceptors (Lipinski definition) is 6. The largest absolute Gasteiger partial charge is 0.494 e. The van der Waals surface area contributed by atoms with Crippen molar-refractivity contribution in [2.24, 2.45) is 0 Å². The predicted molar refractivity (Wildman–Crippen MR) is 107 cm³/mol. The number of aliphatic hydroxyl groups excluding tert-OH is 2. The van der Waals surface area contributed by atoms with Crippen LogP contribution in [0.3, 0.4) is 0 Å². The van der Waals surface area contributed by atoms with Gasteiger partial charge in [-0.15, -0.1) is 0 Å². The van der Waals surface area contributed by atoms with Crippen LogP contribution in [-0.2, 0) is 9.84 Å². The maximum absolute atomic E-state index is 12.9. The first-order chi connectivity index (χ1) is 13.3. The fourth-order valence-electron chi connectivity index (χ4n) is 2.25. The number of hydrogen-bond donors (Lipinski definition) is 2. The average Bonchev–Trinajstić information content (AvgIpc) is 2.67. The van der Waals surface area contributed by atoms with Gasteiger partial charge >= 0.3 is 0 Å². The molecule has 0 heterocycles. The Kier molecular flexibility index (Phi) is 8.39. The fourth-order valence-corrected chi connectivity index (χ4v) is 4.29. The number of sulfone groups is 1. The molecule has 0 aliphatic heterocycles. The van der Waals surface area contributed by atoms with Crippen molar-refractivity contribution in [2.45, 2.75) is 35.7 Å². The number of unbranched alkanes of at least 4 members (excludes halogenated alkanes) is 1. The van der Waals surface area contributed by atoms with Crippen molar-refractivity contribution in [1.82, 2.24) is 0 Å². The molecule has 0 aliphatic rings. The van der Waals surface area contributed by atoms with Gasteiger partial charge in [0.2, 0.25) is 9.84 Å². The maximum atomic E-state index is 12.9. The molecule has 0 spiro atoms. The second-order valence-electron chi connectivity index (χ2n) is 6.04. The Bertz CT molecular complexity index is 861. The van der Waals surface area contributed by atoms with Crippen molar-refractivity contribution in [1.29, 1.82) is 0 Å². The first-order valence-electron chi connectivity index (χ1n) is 8.68. The summed E-state index contributed by atoms with van der Waals surface area (Å²) in [5, 5.41) is 18.1. The minimum absolute atomic E-state index is 0.0178. The van der Waals surface area contributed by atoms with Gasteiger partial charge in [-0.1, -0.05) is 36.5 Å². The molecule has 2 aromatic carbocycles. The molecular formula is C19H22Cl2O6S. The zero-order valence-electron chi connectivity index (χ0n) is 15.3. The molecule has 6 nitrogen and oxygen atoms in total. The minimum atomic E-state index is -3.85. The van der Waals surface area contributed by atoms with Gasteiger partial charge in [-0.3, -0.25) is 0 Å². The molecule has 2 N–H and O–H groups in total. The summed E-state index contributed by atoms with van der Waals surface area (Å²) in [5.41, 5.74) is 0. The van der Waals surface area contributed by atoms with Crippen molar-refractivity contribution in [3.05, 3.63) is 46.4 Å². The summed E-state index contributed by atoms with van der Waals surface area (Å²) in [6.45, 7) is 1.90. The smallest absolute Gasteiger partial charge is 0.206 e. The van der Waals surface area contributed by atoms with E-state index in [2.05, 4.69) is 6.92 Å². The Balaban J connectivity index is 2.23. The summed E-state index contributed by atoms with van der Waals surface area (Å²) in [6.07, 6.45) is 0.821. The van der Waals surface area contributed by atoms with E-state index in [4.69, 9.17) is 37.8 Å². The lowest BCUT2D eigenvalue weighted by Crippen LogP contribution is -2.21. The maximum Gasteiger partial charge on any atom is 0.206 e. The molecule has 0 fully saturated rings. The third kappa shape index (κ3) is 5.75. The molecule has 0 aliphatic carbocycles. The molecule has 154 valence electrons. The lowest BCUT2D eigenvalue weighted by atomic mass is 10.3. The van der Waals surface area contributed by atoms with E-state index in [1.807, 2.05) is 0 Å². The van der Waals surface area contributed by atoms with Crippen LogP contribution in [0.15, 0.2) is 46.2 Å². The number of aliphatic hydroxyl groups is 2. The van der Waals surface area contributed by atoms with E-state index in [-0.39, 0.29) is 32.2 Å². The zero-order chi connectivity index (χ0) is 20.7. The van der Waals surface area contributed by atoms with Gasteiger partial charge in [-0.2, -0.15) is 0 Å². The SMILES string of the molecule is CCCCOc1ccc(S(=O)(=O)c2cc(Cl)c(OCC(O)CO)c(Cl)c2)cc1. The van der Waals surface area contributed by atoms with E-state index in [0.29, 0.717) is 12.4 Å². The molecule has 0 radical (unpaired) electrons. The molecular weight excluding hydrogens is 427 g/mol. The summed E-state index contributed by atoms with van der Waals surface area (Å²) in [5.74, 6) is 0.629. The van der Waals surface area contributed by atoms with Gasteiger partial charge < -0.3 is 19.7 Å². The Labute approximate surface area is 174 Å². The van der Waals surface area contributed by atoms with Crippen molar-refractivity contribution in [3.8, 4) is 11.5 Å². The summed E-state index contributed by atoms with van der Waals surface area (Å²) in [6, 6.07) is 8.57. The molecule has 0 amide bonds. The summed E-state index contributed by atoms with van der Waals surface area (Å²) in [4.78, 5) is -0.0101. The second kappa shape index (κ2) is 10.3. The van der Waals surface area contributed by atoms with Crippen LogP contribution in [0.25, 0.3) is 0 Å². The van der Waals surface area contributed by atoms with E-state index in [1.165, 1.54) is 24.3 Å². The quantitative estimate of drug-likeness (QED) is 0.537. The topological polar surface area (TPSA) is 93.1 Å². The molecule has 0 bridgehead atoms. The fraction of sp³-hybridized carbons (Fsp3) is 0.368. The highest BCUT2D eigenvalue weighted by Gasteiger charge is 2.22. The first-order valence-corrected chi connectivity index (χ1v) is 10.9. The van der Waals surface area contributed by atoms with Crippen molar-refractivity contribution in [2.75, 3.05) is 19.8 Å². The Morgan fingerprint density at radius 1 is 1.04 bits per heavy atom. The van der Waals surface area contributed by atoms with E-state index < -0.39 is 22.5 Å². The normalized spacial score (nSPS) is 12.6. The van der Waals surface area contributed by atoms with Gasteiger partial charge in [-0.05, 0) is 42.8 Å². The molecule has 9 heteroatoms. The Morgan fingerprint density at radius 3 is 2.18 bits per heavy atom. The summed E-state index contributed by atoms with van der Waals surface area (Å²) >= 11 is 12.2. The summed E-state index contributed by atoms with van der Waals surface area (Å²) < 4.78 is 36.5. The Morgan fingerprint density at radius 2 is 1.64 bits per heavy atom. The highest BCUT2D eigenvalue weighted by Crippen LogP contribution is 2.37. The van der Waals surface area contributed by atoms with Crippen LogP contribution >= 0.6 is 23.2 Å². The third-order valence-corrected chi connectivity index (χ3v) is 6.12. The van der Waals surface area contributed by atoms with E-state index in [1.54, 1.807) is 12.1 Å². The molecule has 1 unspecified atom stereocenters. The lowest BCUT2D eigenvalue weighted by Gasteiger charge is -2.14. The van der Waals surface area contributed by atoms with Crippen LogP contribution in [-0.4, -0.2) is 44.6 Å².